The summed E-state index contributed by atoms with van der Waals surface area (Å²) in [5, 5.41) is 0.752. The summed E-state index contributed by atoms with van der Waals surface area (Å²) in [6.45, 7) is 2.28. The van der Waals surface area contributed by atoms with Crippen LogP contribution in [0.1, 0.15) is 31.2 Å². The van der Waals surface area contributed by atoms with Crippen LogP contribution in [-0.2, 0) is 10.2 Å². The molecule has 2 fully saturated rings. The molecule has 1 aliphatic carbocycles. The van der Waals surface area contributed by atoms with Crippen molar-refractivity contribution in [3.8, 4) is 0 Å². The minimum atomic E-state index is 0.00488. The van der Waals surface area contributed by atoms with Crippen molar-refractivity contribution in [3.63, 3.8) is 0 Å². The second-order valence-corrected chi connectivity index (χ2v) is 6.53. The lowest BCUT2D eigenvalue weighted by atomic mass is 9.73. The van der Waals surface area contributed by atoms with E-state index in [4.69, 9.17) is 17.3 Å². The summed E-state index contributed by atoms with van der Waals surface area (Å²) >= 11 is 5.96. The zero-order chi connectivity index (χ0) is 14.2. The minimum absolute atomic E-state index is 0.00488. The van der Waals surface area contributed by atoms with Crippen molar-refractivity contribution in [1.29, 1.82) is 0 Å². The molecule has 1 amide bonds. The fourth-order valence-electron chi connectivity index (χ4n) is 3.16. The molecule has 0 atom stereocenters. The van der Waals surface area contributed by atoms with Gasteiger partial charge in [-0.1, -0.05) is 23.7 Å². The third-order valence-electron chi connectivity index (χ3n) is 4.81. The van der Waals surface area contributed by atoms with Gasteiger partial charge in [-0.25, -0.2) is 0 Å². The number of benzene rings is 1. The number of hydrogen-bond donors (Lipinski definition) is 1. The van der Waals surface area contributed by atoms with Gasteiger partial charge in [0.1, 0.15) is 0 Å². The van der Waals surface area contributed by atoms with Crippen LogP contribution in [0.25, 0.3) is 0 Å². The Kier molecular flexibility index (Phi) is 3.74. The molecular weight excluding hydrogens is 272 g/mol. The molecule has 1 saturated heterocycles. The molecule has 2 N–H and O–H groups in total. The van der Waals surface area contributed by atoms with Gasteiger partial charge in [-0.2, -0.15) is 0 Å². The van der Waals surface area contributed by atoms with E-state index in [0.717, 1.165) is 43.8 Å². The summed E-state index contributed by atoms with van der Waals surface area (Å²) < 4.78 is 0. The van der Waals surface area contributed by atoms with Crippen molar-refractivity contribution in [2.75, 3.05) is 19.6 Å². The monoisotopic (exact) mass is 292 g/mol. The molecule has 1 aromatic carbocycles. The van der Waals surface area contributed by atoms with Crippen LogP contribution >= 0.6 is 11.6 Å². The Hall–Kier alpha value is -1.06. The number of hydrogen-bond acceptors (Lipinski definition) is 2. The Balaban J connectivity index is 1.72. The van der Waals surface area contributed by atoms with Gasteiger partial charge >= 0.3 is 0 Å². The summed E-state index contributed by atoms with van der Waals surface area (Å²) in [4.78, 5) is 14.1. The van der Waals surface area contributed by atoms with Crippen LogP contribution in [-0.4, -0.2) is 30.4 Å². The standard InChI is InChI=1S/C16H21ClN2O/c17-14-5-3-13(4-6-14)16(11-18)7-9-19(10-8-16)15(20)12-1-2-12/h3-6,12H,1-2,7-11,18H2. The summed E-state index contributed by atoms with van der Waals surface area (Å²) in [6, 6.07) is 8.01. The predicted octanol–water partition coefficient (Wildman–Crippen LogP) is 2.57. The predicted molar refractivity (Wildman–Crippen MR) is 80.7 cm³/mol. The average Bonchev–Trinajstić information content (AvgIpc) is 3.32. The van der Waals surface area contributed by atoms with Crippen molar-refractivity contribution in [1.82, 2.24) is 4.90 Å². The number of carbonyl (C=O) groups is 1. The lowest BCUT2D eigenvalue weighted by molar-refractivity contribution is -0.134. The number of nitrogens with zero attached hydrogens (tertiary/aromatic N) is 1. The Bertz CT molecular complexity index is 488. The van der Waals surface area contributed by atoms with Crippen molar-refractivity contribution in [2.24, 2.45) is 11.7 Å². The molecule has 3 nitrogen and oxygen atoms in total. The quantitative estimate of drug-likeness (QED) is 0.931. The summed E-state index contributed by atoms with van der Waals surface area (Å²) in [7, 11) is 0. The minimum Gasteiger partial charge on any atom is -0.342 e. The highest BCUT2D eigenvalue weighted by Gasteiger charge is 2.39. The number of halogens is 1. The van der Waals surface area contributed by atoms with E-state index in [9.17, 15) is 4.79 Å². The molecule has 3 rings (SSSR count). The fourth-order valence-corrected chi connectivity index (χ4v) is 3.28. The number of rotatable bonds is 3. The zero-order valence-electron chi connectivity index (χ0n) is 11.6. The Morgan fingerprint density at radius 1 is 1.25 bits per heavy atom. The second kappa shape index (κ2) is 5.38. The maximum atomic E-state index is 12.1. The first-order valence-electron chi connectivity index (χ1n) is 7.39. The van der Waals surface area contributed by atoms with Gasteiger partial charge in [0, 0.05) is 36.0 Å². The van der Waals surface area contributed by atoms with Gasteiger partial charge in [-0.05, 0) is 43.4 Å². The zero-order valence-corrected chi connectivity index (χ0v) is 12.4. The smallest absolute Gasteiger partial charge is 0.225 e. The molecule has 2 aliphatic rings. The van der Waals surface area contributed by atoms with E-state index in [1.165, 1.54) is 5.56 Å². The maximum absolute atomic E-state index is 12.1. The lowest BCUT2D eigenvalue weighted by Gasteiger charge is -2.41. The molecule has 0 radical (unpaired) electrons. The molecule has 1 saturated carbocycles. The molecule has 1 heterocycles. The molecular formula is C16H21ClN2O. The number of nitrogens with two attached hydrogens (primary N) is 1. The maximum Gasteiger partial charge on any atom is 0.225 e. The molecule has 0 bridgehead atoms. The van der Waals surface area contributed by atoms with Crippen LogP contribution in [0.5, 0.6) is 0 Å². The highest BCUT2D eigenvalue weighted by Crippen LogP contribution is 2.37. The van der Waals surface area contributed by atoms with Gasteiger partial charge in [0.15, 0.2) is 0 Å². The fraction of sp³-hybridized carbons (Fsp3) is 0.562. The van der Waals surface area contributed by atoms with Crippen LogP contribution < -0.4 is 5.73 Å². The topological polar surface area (TPSA) is 46.3 Å². The second-order valence-electron chi connectivity index (χ2n) is 6.09. The van der Waals surface area contributed by atoms with E-state index in [0.29, 0.717) is 18.4 Å². The molecule has 108 valence electrons. The molecule has 20 heavy (non-hydrogen) atoms. The Morgan fingerprint density at radius 2 is 1.85 bits per heavy atom. The average molecular weight is 293 g/mol. The van der Waals surface area contributed by atoms with Crippen LogP contribution in [0.3, 0.4) is 0 Å². The van der Waals surface area contributed by atoms with Gasteiger partial charge in [-0.3, -0.25) is 4.79 Å². The van der Waals surface area contributed by atoms with E-state index >= 15 is 0 Å². The van der Waals surface area contributed by atoms with E-state index in [1.807, 2.05) is 17.0 Å². The SMILES string of the molecule is NCC1(c2ccc(Cl)cc2)CCN(C(=O)C2CC2)CC1. The van der Waals surface area contributed by atoms with Crippen LogP contribution in [0.15, 0.2) is 24.3 Å². The van der Waals surface area contributed by atoms with Gasteiger partial charge in [-0.15, -0.1) is 0 Å². The van der Waals surface area contributed by atoms with E-state index in [-0.39, 0.29) is 5.41 Å². The molecule has 0 spiro atoms. The van der Waals surface area contributed by atoms with Gasteiger partial charge in [0.2, 0.25) is 5.91 Å². The number of likely N-dealkylation sites (tertiary alicyclic amines) is 1. The molecule has 0 unspecified atom stereocenters. The van der Waals surface area contributed by atoms with Crippen LogP contribution in [0.2, 0.25) is 5.02 Å². The number of carbonyl (C=O) groups excluding carboxylic acids is 1. The molecule has 4 heteroatoms. The van der Waals surface area contributed by atoms with Crippen molar-refractivity contribution >= 4 is 17.5 Å². The molecule has 1 aliphatic heterocycles. The Morgan fingerprint density at radius 3 is 2.35 bits per heavy atom. The lowest BCUT2D eigenvalue weighted by Crippen LogP contribution is -2.48. The largest absolute Gasteiger partial charge is 0.342 e. The van der Waals surface area contributed by atoms with Gasteiger partial charge < -0.3 is 10.6 Å². The third-order valence-corrected chi connectivity index (χ3v) is 5.06. The van der Waals surface area contributed by atoms with Crippen LogP contribution in [0.4, 0.5) is 0 Å². The first kappa shape index (κ1) is 13.9. The van der Waals surface area contributed by atoms with Crippen LogP contribution in [0, 0.1) is 5.92 Å². The van der Waals surface area contributed by atoms with E-state index in [2.05, 4.69) is 12.1 Å². The molecule has 0 aromatic heterocycles. The third kappa shape index (κ3) is 2.57. The Labute approximate surface area is 125 Å². The van der Waals surface area contributed by atoms with Gasteiger partial charge in [0.05, 0.1) is 0 Å². The first-order valence-corrected chi connectivity index (χ1v) is 7.77. The highest BCUT2D eigenvalue weighted by atomic mass is 35.5. The van der Waals surface area contributed by atoms with E-state index < -0.39 is 0 Å². The summed E-state index contributed by atoms with van der Waals surface area (Å²) in [5.41, 5.74) is 7.32. The summed E-state index contributed by atoms with van der Waals surface area (Å²) in [5.74, 6) is 0.669. The van der Waals surface area contributed by atoms with Crippen molar-refractivity contribution < 1.29 is 4.79 Å². The highest BCUT2D eigenvalue weighted by molar-refractivity contribution is 6.30. The van der Waals surface area contributed by atoms with Gasteiger partial charge in [0.25, 0.3) is 0 Å². The summed E-state index contributed by atoms with van der Waals surface area (Å²) in [6.07, 6.45) is 4.05. The first-order chi connectivity index (χ1) is 9.64. The number of piperidine rings is 1. The normalized spacial score (nSPS) is 21.8. The van der Waals surface area contributed by atoms with Crippen molar-refractivity contribution in [2.45, 2.75) is 31.1 Å². The van der Waals surface area contributed by atoms with E-state index in [1.54, 1.807) is 0 Å². The van der Waals surface area contributed by atoms with Crippen molar-refractivity contribution in [3.05, 3.63) is 34.9 Å². The molecule has 1 aromatic rings. The number of amides is 1.